The van der Waals surface area contributed by atoms with Gasteiger partial charge in [-0.05, 0) is 44.0 Å². The largest absolute Gasteiger partial charge is 0.369 e. The average Bonchev–Trinajstić information content (AvgIpc) is 3.10. The van der Waals surface area contributed by atoms with E-state index < -0.39 is 0 Å². The molecule has 0 saturated carbocycles. The summed E-state index contributed by atoms with van der Waals surface area (Å²) in [5, 5.41) is 7.39. The smallest absolute Gasteiger partial charge is 0.191 e. The Balaban J connectivity index is 0.00000261. The summed E-state index contributed by atoms with van der Waals surface area (Å²) in [5.74, 6) is 0.846. The van der Waals surface area contributed by atoms with E-state index >= 15 is 0 Å². The molecule has 2 N–H and O–H groups in total. The maximum Gasteiger partial charge on any atom is 0.191 e. The lowest BCUT2D eigenvalue weighted by Crippen LogP contribution is -2.44. The van der Waals surface area contributed by atoms with E-state index in [2.05, 4.69) is 63.6 Å². The third kappa shape index (κ3) is 6.53. The number of rotatable bonds is 5. The summed E-state index contributed by atoms with van der Waals surface area (Å²) in [7, 11) is 0. The van der Waals surface area contributed by atoms with Crippen LogP contribution in [0.3, 0.4) is 0 Å². The monoisotopic (exact) mass is 499 g/mol. The second-order valence-electron chi connectivity index (χ2n) is 6.60. The molecule has 1 aromatic carbocycles. The van der Waals surface area contributed by atoms with Crippen molar-refractivity contribution in [2.45, 2.75) is 32.9 Å². The van der Waals surface area contributed by atoms with Gasteiger partial charge in [-0.1, -0.05) is 35.4 Å². The van der Waals surface area contributed by atoms with Crippen LogP contribution in [0, 0.1) is 6.92 Å². The number of halogens is 2. The molecule has 1 saturated heterocycles. The first kappa shape index (κ1) is 21.8. The van der Waals surface area contributed by atoms with Crippen molar-refractivity contribution < 1.29 is 0 Å². The molecule has 146 valence electrons. The van der Waals surface area contributed by atoms with Crippen LogP contribution in [0.4, 0.5) is 5.69 Å². The van der Waals surface area contributed by atoms with Gasteiger partial charge in [-0.15, -0.1) is 24.0 Å². The summed E-state index contributed by atoms with van der Waals surface area (Å²) in [5.41, 5.74) is 3.62. The van der Waals surface area contributed by atoms with Crippen LogP contribution < -0.4 is 15.5 Å². The SMILES string of the molecule is CCNC(=NCc1ccc(Cl)nc1)NC1CCN(c2ccc(C)cc2)C1.I. The molecule has 5 nitrogen and oxygen atoms in total. The zero-order valence-electron chi connectivity index (χ0n) is 15.8. The van der Waals surface area contributed by atoms with Crippen LogP contribution in [-0.4, -0.2) is 36.6 Å². The molecule has 1 unspecified atom stereocenters. The first-order valence-corrected chi connectivity index (χ1v) is 9.48. The number of benzene rings is 1. The number of anilines is 1. The molecule has 0 spiro atoms. The molecular weight excluding hydrogens is 473 g/mol. The molecule has 7 heteroatoms. The van der Waals surface area contributed by atoms with E-state index in [1.54, 1.807) is 12.3 Å². The molecule has 1 aliphatic rings. The summed E-state index contributed by atoms with van der Waals surface area (Å²) in [4.78, 5) is 11.2. The lowest BCUT2D eigenvalue weighted by Gasteiger charge is -2.20. The van der Waals surface area contributed by atoms with Crippen LogP contribution in [-0.2, 0) is 6.54 Å². The van der Waals surface area contributed by atoms with Crippen molar-refractivity contribution in [2.24, 2.45) is 4.99 Å². The molecule has 27 heavy (non-hydrogen) atoms. The molecule has 0 radical (unpaired) electrons. The van der Waals surface area contributed by atoms with E-state index in [1.807, 2.05) is 6.07 Å². The second-order valence-corrected chi connectivity index (χ2v) is 6.98. The molecule has 0 amide bonds. The summed E-state index contributed by atoms with van der Waals surface area (Å²) < 4.78 is 0. The second kappa shape index (κ2) is 10.7. The first-order valence-electron chi connectivity index (χ1n) is 9.11. The number of hydrogen-bond donors (Lipinski definition) is 2. The van der Waals surface area contributed by atoms with Gasteiger partial charge in [-0.25, -0.2) is 9.98 Å². The Hall–Kier alpha value is -1.54. The Bertz CT molecular complexity index is 733. The van der Waals surface area contributed by atoms with E-state index in [4.69, 9.17) is 11.6 Å². The maximum absolute atomic E-state index is 5.83. The topological polar surface area (TPSA) is 52.6 Å². The van der Waals surface area contributed by atoms with E-state index in [0.29, 0.717) is 17.7 Å². The van der Waals surface area contributed by atoms with Gasteiger partial charge < -0.3 is 15.5 Å². The van der Waals surface area contributed by atoms with Crippen molar-refractivity contribution in [3.63, 3.8) is 0 Å². The summed E-state index contributed by atoms with van der Waals surface area (Å²) >= 11 is 5.83. The van der Waals surface area contributed by atoms with Gasteiger partial charge in [0.15, 0.2) is 5.96 Å². The molecular formula is C20H27ClIN5. The molecule has 2 aromatic rings. The number of nitrogens with zero attached hydrogens (tertiary/aromatic N) is 3. The van der Waals surface area contributed by atoms with E-state index in [-0.39, 0.29) is 24.0 Å². The van der Waals surface area contributed by atoms with Crippen LogP contribution in [0.2, 0.25) is 5.15 Å². The van der Waals surface area contributed by atoms with Gasteiger partial charge >= 0.3 is 0 Å². The highest BCUT2D eigenvalue weighted by atomic mass is 127. The number of pyridine rings is 1. The third-order valence-electron chi connectivity index (χ3n) is 4.48. The van der Waals surface area contributed by atoms with Gasteiger partial charge in [0, 0.05) is 37.6 Å². The molecule has 1 atom stereocenters. The summed E-state index contributed by atoms with van der Waals surface area (Å²) in [6, 6.07) is 12.9. The fourth-order valence-corrected chi connectivity index (χ4v) is 3.16. The third-order valence-corrected chi connectivity index (χ3v) is 4.70. The van der Waals surface area contributed by atoms with Crippen LogP contribution >= 0.6 is 35.6 Å². The van der Waals surface area contributed by atoms with Gasteiger partial charge in [0.1, 0.15) is 5.15 Å². The van der Waals surface area contributed by atoms with Crippen LogP contribution in [0.25, 0.3) is 0 Å². The van der Waals surface area contributed by atoms with E-state index in [9.17, 15) is 0 Å². The Labute approximate surface area is 183 Å². The van der Waals surface area contributed by atoms with Gasteiger partial charge in [-0.3, -0.25) is 0 Å². The number of aromatic nitrogens is 1. The summed E-state index contributed by atoms with van der Waals surface area (Å²) in [6.07, 6.45) is 2.87. The Morgan fingerprint density at radius 1 is 1.26 bits per heavy atom. The zero-order chi connectivity index (χ0) is 18.4. The predicted octanol–water partition coefficient (Wildman–Crippen LogP) is 4.00. The van der Waals surface area contributed by atoms with Crippen molar-refractivity contribution in [1.29, 1.82) is 0 Å². The molecule has 1 fully saturated rings. The van der Waals surface area contributed by atoms with Gasteiger partial charge in [0.25, 0.3) is 0 Å². The lowest BCUT2D eigenvalue weighted by atomic mass is 10.2. The normalized spacial score (nSPS) is 16.8. The minimum atomic E-state index is 0. The van der Waals surface area contributed by atoms with Crippen molar-refractivity contribution in [1.82, 2.24) is 15.6 Å². The minimum Gasteiger partial charge on any atom is -0.369 e. The lowest BCUT2D eigenvalue weighted by molar-refractivity contribution is 0.649. The van der Waals surface area contributed by atoms with Gasteiger partial charge in [-0.2, -0.15) is 0 Å². The number of nitrogens with one attached hydrogen (secondary N) is 2. The zero-order valence-corrected chi connectivity index (χ0v) is 18.9. The quantitative estimate of drug-likeness (QED) is 0.283. The number of hydrogen-bond acceptors (Lipinski definition) is 3. The van der Waals surface area contributed by atoms with Gasteiger partial charge in [0.2, 0.25) is 0 Å². The highest BCUT2D eigenvalue weighted by Crippen LogP contribution is 2.20. The van der Waals surface area contributed by atoms with Crippen molar-refractivity contribution in [3.8, 4) is 0 Å². The molecule has 0 aliphatic carbocycles. The molecule has 3 rings (SSSR count). The fourth-order valence-electron chi connectivity index (χ4n) is 3.05. The first-order chi connectivity index (χ1) is 12.6. The van der Waals surface area contributed by atoms with Crippen LogP contribution in [0.5, 0.6) is 0 Å². The van der Waals surface area contributed by atoms with Crippen LogP contribution in [0.15, 0.2) is 47.6 Å². The maximum atomic E-state index is 5.83. The van der Waals surface area contributed by atoms with Crippen molar-refractivity contribution >= 4 is 47.2 Å². The Morgan fingerprint density at radius 2 is 2.04 bits per heavy atom. The molecule has 1 aliphatic heterocycles. The van der Waals surface area contributed by atoms with Crippen molar-refractivity contribution in [3.05, 3.63) is 58.9 Å². The molecule has 1 aromatic heterocycles. The minimum absolute atomic E-state index is 0. The summed E-state index contributed by atoms with van der Waals surface area (Å²) in [6.45, 7) is 7.64. The number of aryl methyl sites for hydroxylation is 1. The fraction of sp³-hybridized carbons (Fsp3) is 0.400. The number of guanidine groups is 1. The number of aliphatic imine (C=N–C) groups is 1. The average molecular weight is 500 g/mol. The molecule has 2 heterocycles. The van der Waals surface area contributed by atoms with Gasteiger partial charge in [0.05, 0.1) is 6.54 Å². The molecule has 0 bridgehead atoms. The Morgan fingerprint density at radius 3 is 2.70 bits per heavy atom. The predicted molar refractivity (Wildman–Crippen MR) is 124 cm³/mol. The standard InChI is InChI=1S/C20H26ClN5.HI/c1-3-22-20(24-13-16-6-9-19(21)23-12-16)25-17-10-11-26(14-17)18-7-4-15(2)5-8-18;/h4-9,12,17H,3,10-11,13-14H2,1-2H3,(H2,22,24,25);1H. The van der Waals surface area contributed by atoms with E-state index in [0.717, 1.165) is 37.6 Å². The highest BCUT2D eigenvalue weighted by Gasteiger charge is 2.23. The van der Waals surface area contributed by atoms with Crippen molar-refractivity contribution in [2.75, 3.05) is 24.5 Å². The van der Waals surface area contributed by atoms with E-state index in [1.165, 1.54) is 11.3 Å². The Kier molecular flexibility index (Phi) is 8.63. The highest BCUT2D eigenvalue weighted by molar-refractivity contribution is 14.0. The van der Waals surface area contributed by atoms with Crippen LogP contribution in [0.1, 0.15) is 24.5 Å².